The van der Waals surface area contributed by atoms with Crippen molar-refractivity contribution in [3.05, 3.63) is 59.0 Å². The Labute approximate surface area is 204 Å². The molecule has 8 nitrogen and oxygen atoms in total. The Morgan fingerprint density at radius 3 is 2.47 bits per heavy atom. The summed E-state index contributed by atoms with van der Waals surface area (Å²) in [5, 5.41) is 22.3. The molecule has 1 aliphatic heterocycles. The van der Waals surface area contributed by atoms with Gasteiger partial charge in [0.2, 0.25) is 5.91 Å². The van der Waals surface area contributed by atoms with Gasteiger partial charge in [-0.05, 0) is 61.4 Å². The van der Waals surface area contributed by atoms with E-state index in [-0.39, 0.29) is 18.7 Å². The van der Waals surface area contributed by atoms with Crippen molar-refractivity contribution in [1.29, 1.82) is 0 Å². The van der Waals surface area contributed by atoms with Crippen LogP contribution in [0.5, 0.6) is 0 Å². The van der Waals surface area contributed by atoms with Crippen molar-refractivity contribution in [2.24, 2.45) is 0 Å². The summed E-state index contributed by atoms with van der Waals surface area (Å²) in [4.78, 5) is 36.9. The number of nitrogens with one attached hydrogen (secondary N) is 2. The lowest BCUT2D eigenvalue weighted by Gasteiger charge is -2.18. The van der Waals surface area contributed by atoms with Crippen molar-refractivity contribution in [2.45, 2.75) is 57.2 Å². The summed E-state index contributed by atoms with van der Waals surface area (Å²) in [5.41, 5.74) is 2.70. The molecule has 36 heavy (non-hydrogen) atoms. The summed E-state index contributed by atoms with van der Waals surface area (Å²) in [6, 6.07) is 9.07. The number of carboxylic acid groups (broad SMARTS) is 2. The van der Waals surface area contributed by atoms with Crippen molar-refractivity contribution < 1.29 is 42.2 Å². The van der Waals surface area contributed by atoms with E-state index in [2.05, 4.69) is 21.7 Å². The Bertz CT molecular complexity index is 1060. The predicted molar refractivity (Wildman–Crippen MR) is 122 cm³/mol. The van der Waals surface area contributed by atoms with E-state index in [0.717, 1.165) is 43.7 Å². The lowest BCUT2D eigenvalue weighted by molar-refractivity contribution is -0.192. The molecule has 2 aromatic rings. The fourth-order valence-electron chi connectivity index (χ4n) is 3.52. The first kappa shape index (κ1) is 28.5. The number of hydrogen-bond acceptors (Lipinski definition) is 5. The quantitative estimate of drug-likeness (QED) is 0.291. The molecule has 1 aromatic carbocycles. The third-order valence-corrected chi connectivity index (χ3v) is 5.25. The molecule has 12 heteroatoms. The number of rotatable bonds is 9. The van der Waals surface area contributed by atoms with E-state index < -0.39 is 30.0 Å². The Hall–Kier alpha value is -3.70. The second kappa shape index (κ2) is 13.4. The number of hydrogen-bond donors (Lipinski definition) is 4. The number of benzene rings is 1. The van der Waals surface area contributed by atoms with E-state index in [1.807, 2.05) is 6.07 Å². The molecule has 1 unspecified atom stereocenters. The third kappa shape index (κ3) is 9.88. The van der Waals surface area contributed by atoms with Gasteiger partial charge in [-0.1, -0.05) is 18.2 Å². The molecule has 0 bridgehead atoms. The van der Waals surface area contributed by atoms with E-state index in [9.17, 15) is 27.2 Å². The van der Waals surface area contributed by atoms with Crippen LogP contribution in [0.25, 0.3) is 0 Å². The number of aromatic nitrogens is 1. The van der Waals surface area contributed by atoms with Gasteiger partial charge in [0.05, 0.1) is 12.5 Å². The molecule has 0 aliphatic carbocycles. The van der Waals surface area contributed by atoms with Gasteiger partial charge >= 0.3 is 18.1 Å². The van der Waals surface area contributed by atoms with Gasteiger partial charge in [0.15, 0.2) is 0 Å². The number of nitrogens with zero attached hydrogens (tertiary/aromatic N) is 1. The van der Waals surface area contributed by atoms with Crippen LogP contribution in [0.2, 0.25) is 0 Å². The maximum absolute atomic E-state index is 13.4. The molecule has 0 radical (unpaired) electrons. The number of amides is 1. The molecule has 4 N–H and O–H groups in total. The molecule has 1 atom stereocenters. The van der Waals surface area contributed by atoms with Gasteiger partial charge in [-0.15, -0.1) is 0 Å². The highest BCUT2D eigenvalue weighted by atomic mass is 19.4. The summed E-state index contributed by atoms with van der Waals surface area (Å²) in [6.45, 7) is 0.951. The Morgan fingerprint density at radius 1 is 1.11 bits per heavy atom. The third-order valence-electron chi connectivity index (χ3n) is 5.25. The van der Waals surface area contributed by atoms with Crippen molar-refractivity contribution in [3.63, 3.8) is 0 Å². The molecule has 0 saturated heterocycles. The van der Waals surface area contributed by atoms with E-state index in [0.29, 0.717) is 12.0 Å². The molecular formula is C24H27F4N3O5. The van der Waals surface area contributed by atoms with Gasteiger partial charge < -0.3 is 20.8 Å². The van der Waals surface area contributed by atoms with Crippen LogP contribution in [0.4, 0.5) is 23.4 Å². The Balaban J connectivity index is 0.000000572. The largest absolute Gasteiger partial charge is 0.490 e. The smallest absolute Gasteiger partial charge is 0.481 e. The summed E-state index contributed by atoms with van der Waals surface area (Å²) in [7, 11) is 0. The minimum absolute atomic E-state index is 0.236. The van der Waals surface area contributed by atoms with Crippen molar-refractivity contribution in [1.82, 2.24) is 10.3 Å². The molecule has 1 aromatic heterocycles. The van der Waals surface area contributed by atoms with Crippen LogP contribution in [0.15, 0.2) is 36.4 Å². The summed E-state index contributed by atoms with van der Waals surface area (Å²) in [5.74, 6) is -3.53. The zero-order valence-electron chi connectivity index (χ0n) is 19.3. The minimum Gasteiger partial charge on any atom is -0.481 e. The van der Waals surface area contributed by atoms with Crippen LogP contribution in [0.3, 0.4) is 0 Å². The second-order valence-electron chi connectivity index (χ2n) is 8.12. The number of pyridine rings is 1. The molecule has 0 spiro atoms. The summed E-state index contributed by atoms with van der Waals surface area (Å²) >= 11 is 0. The first-order valence-electron chi connectivity index (χ1n) is 11.2. The predicted octanol–water partition coefficient (Wildman–Crippen LogP) is 4.26. The Kier molecular flexibility index (Phi) is 10.6. The summed E-state index contributed by atoms with van der Waals surface area (Å²) < 4.78 is 45.2. The van der Waals surface area contributed by atoms with Gasteiger partial charge in [0.25, 0.3) is 0 Å². The lowest BCUT2D eigenvalue weighted by atomic mass is 10.0. The number of fused-ring (bicyclic) bond motifs is 1. The highest BCUT2D eigenvalue weighted by molar-refractivity contribution is 5.77. The van der Waals surface area contributed by atoms with Crippen LogP contribution in [0.1, 0.15) is 55.0 Å². The SMILES string of the molecule is O=C(O)C(F)(F)F.O=C(O)CC(NC(=O)CCCCc1ccc2c(n1)NCCC2)c1cccc(F)c1. The highest BCUT2D eigenvalue weighted by Crippen LogP contribution is 2.21. The Morgan fingerprint density at radius 2 is 1.83 bits per heavy atom. The van der Waals surface area contributed by atoms with E-state index in [1.54, 1.807) is 6.07 Å². The van der Waals surface area contributed by atoms with Gasteiger partial charge in [-0.2, -0.15) is 13.2 Å². The average Bonchev–Trinajstić information content (AvgIpc) is 2.81. The van der Waals surface area contributed by atoms with Gasteiger partial charge in [-0.25, -0.2) is 14.2 Å². The van der Waals surface area contributed by atoms with Crippen LogP contribution >= 0.6 is 0 Å². The van der Waals surface area contributed by atoms with Crippen molar-refractivity contribution in [2.75, 3.05) is 11.9 Å². The number of carboxylic acids is 2. The van der Waals surface area contributed by atoms with E-state index in [4.69, 9.17) is 15.0 Å². The standard InChI is InChI=1S/C22H26FN3O3.C2HF3O2/c23-17-7-3-5-16(13-17)19(14-21(28)29)26-20(27)9-2-1-8-18-11-10-15-6-4-12-24-22(15)25-18;3-2(4,5)1(6)7/h3,5,7,10-11,13,19H,1-2,4,6,8-9,12,14H2,(H,24,25)(H,26,27)(H,28,29);(H,6,7). The van der Waals surface area contributed by atoms with E-state index >= 15 is 0 Å². The first-order valence-corrected chi connectivity index (χ1v) is 11.2. The van der Waals surface area contributed by atoms with Crippen LogP contribution < -0.4 is 10.6 Å². The number of aryl methyl sites for hydroxylation is 2. The average molecular weight is 513 g/mol. The number of alkyl halides is 3. The summed E-state index contributed by atoms with van der Waals surface area (Å²) in [6.07, 6.45) is -0.648. The lowest BCUT2D eigenvalue weighted by Crippen LogP contribution is -2.30. The molecule has 0 saturated carbocycles. The number of carbonyl (C=O) groups is 3. The second-order valence-corrected chi connectivity index (χ2v) is 8.12. The van der Waals surface area contributed by atoms with Crippen LogP contribution in [-0.4, -0.2) is 45.8 Å². The number of aliphatic carboxylic acids is 2. The zero-order valence-corrected chi connectivity index (χ0v) is 19.3. The maximum atomic E-state index is 13.4. The number of halogens is 4. The van der Waals surface area contributed by atoms with Crippen LogP contribution in [0, 0.1) is 5.82 Å². The minimum atomic E-state index is -5.08. The number of carbonyl (C=O) groups excluding carboxylic acids is 1. The molecular weight excluding hydrogens is 486 g/mol. The highest BCUT2D eigenvalue weighted by Gasteiger charge is 2.38. The normalized spacial score (nSPS) is 13.3. The fourth-order valence-corrected chi connectivity index (χ4v) is 3.52. The maximum Gasteiger partial charge on any atom is 0.490 e. The molecule has 1 aliphatic rings. The first-order chi connectivity index (χ1) is 17.0. The molecule has 3 rings (SSSR count). The number of anilines is 1. The molecule has 1 amide bonds. The number of unbranched alkanes of at least 4 members (excludes halogenated alkanes) is 1. The topological polar surface area (TPSA) is 129 Å². The van der Waals surface area contributed by atoms with Crippen molar-refractivity contribution >= 4 is 23.7 Å². The van der Waals surface area contributed by atoms with Gasteiger partial charge in [0, 0.05) is 18.7 Å². The fraction of sp³-hybridized carbons (Fsp3) is 0.417. The molecule has 2 heterocycles. The monoisotopic (exact) mass is 513 g/mol. The zero-order chi connectivity index (χ0) is 26.7. The van der Waals surface area contributed by atoms with Crippen molar-refractivity contribution in [3.8, 4) is 0 Å². The molecule has 196 valence electrons. The van der Waals surface area contributed by atoms with Gasteiger partial charge in [-0.3, -0.25) is 9.59 Å². The van der Waals surface area contributed by atoms with E-state index in [1.165, 1.54) is 23.8 Å². The molecule has 0 fully saturated rings. The van der Waals surface area contributed by atoms with Gasteiger partial charge in [0.1, 0.15) is 11.6 Å². The van der Waals surface area contributed by atoms with Crippen LogP contribution in [-0.2, 0) is 27.2 Å².